The number of hydrogen-bond donors (Lipinski definition) is 2. The van der Waals surface area contributed by atoms with Gasteiger partial charge in [0.2, 0.25) is 0 Å². The van der Waals surface area contributed by atoms with Gasteiger partial charge in [0.25, 0.3) is 0 Å². The van der Waals surface area contributed by atoms with Gasteiger partial charge in [-0.1, -0.05) is 52.3 Å². The number of Topliss-reactive ketones (excluding diaryl/α,β-unsaturated/α-hetero) is 1. The van der Waals surface area contributed by atoms with Gasteiger partial charge in [0.15, 0.2) is 5.78 Å². The number of rotatable bonds is 6. The molecule has 0 spiro atoms. The first-order valence-corrected chi connectivity index (χ1v) is 13.4. The quantitative estimate of drug-likeness (QED) is 0.332. The van der Waals surface area contributed by atoms with Gasteiger partial charge in [-0.15, -0.1) is 0 Å². The van der Waals surface area contributed by atoms with E-state index in [0.717, 1.165) is 45.8 Å². The second kappa shape index (κ2) is 14.7. The van der Waals surface area contributed by atoms with E-state index >= 15 is 0 Å². The molecule has 0 fully saturated rings. The molecule has 1 atom stereocenters. The largest absolute Gasteiger partial charge is 0.493 e. The summed E-state index contributed by atoms with van der Waals surface area (Å²) in [5, 5.41) is 15.6. The van der Waals surface area contributed by atoms with Crippen molar-refractivity contribution in [3.63, 3.8) is 0 Å². The Morgan fingerprint density at radius 2 is 1.97 bits per heavy atom. The van der Waals surface area contributed by atoms with Crippen LogP contribution in [0.2, 0.25) is 5.02 Å². The lowest BCUT2D eigenvalue weighted by molar-refractivity contribution is -0.118. The van der Waals surface area contributed by atoms with Gasteiger partial charge in [-0.2, -0.15) is 5.10 Å². The smallest absolute Gasteiger partial charge is 0.171 e. The number of pyridine rings is 1. The number of hydrogen-bond acceptors (Lipinski definition) is 5. The predicted molar refractivity (Wildman–Crippen MR) is 152 cm³/mol. The summed E-state index contributed by atoms with van der Waals surface area (Å²) < 4.78 is 5.86. The SMILES string of the molecule is C/C=C(/C(=O)C1COc2ccc(Cl)cc2C1)c1ncc(-c2cn[nH]c2C)cc1C(C)C.CC.CCCO. The minimum Gasteiger partial charge on any atom is -0.493 e. The number of ketones is 1. The minimum absolute atomic E-state index is 0.0507. The van der Waals surface area contributed by atoms with Crippen LogP contribution in [0.5, 0.6) is 5.75 Å². The molecule has 37 heavy (non-hydrogen) atoms. The third kappa shape index (κ3) is 7.53. The zero-order valence-electron chi connectivity index (χ0n) is 23.1. The first kappa shape index (κ1) is 30.3. The Hall–Kier alpha value is -2.96. The van der Waals surface area contributed by atoms with Crippen LogP contribution in [-0.4, -0.2) is 39.3 Å². The Kier molecular flexibility index (Phi) is 12.0. The molecule has 3 aromatic rings. The number of aromatic nitrogens is 3. The highest BCUT2D eigenvalue weighted by molar-refractivity contribution is 6.30. The standard InChI is InChI=1S/C25H26ClN3O2.C3H8O.C2H6/c1-5-20(25(30)18-8-16-9-19(26)6-7-23(16)31-13-18)24-21(14(2)3)10-17(11-27-24)22-12-28-29-15(22)4;1-2-3-4;1-2/h5-7,9-12,14,18H,8,13H2,1-4H3,(H,28,29);4H,2-3H2,1H3;1-2H3/b20-5+;;. The Bertz CT molecular complexity index is 1200. The number of carbonyl (C=O) groups is 1. The van der Waals surface area contributed by atoms with Crippen LogP contribution >= 0.6 is 11.6 Å². The van der Waals surface area contributed by atoms with Gasteiger partial charge < -0.3 is 9.84 Å². The van der Waals surface area contributed by atoms with E-state index in [-0.39, 0.29) is 17.6 Å². The third-order valence-corrected chi connectivity index (χ3v) is 6.25. The maximum atomic E-state index is 13.5. The van der Waals surface area contributed by atoms with E-state index in [1.807, 2.05) is 65.1 Å². The number of aliphatic hydroxyl groups is 1. The van der Waals surface area contributed by atoms with E-state index < -0.39 is 0 Å². The molecule has 0 saturated heterocycles. The lowest BCUT2D eigenvalue weighted by atomic mass is 9.85. The minimum atomic E-state index is -0.269. The Morgan fingerprint density at radius 3 is 2.54 bits per heavy atom. The van der Waals surface area contributed by atoms with Gasteiger partial charge in [0.05, 0.1) is 24.4 Å². The molecule has 2 N–H and O–H groups in total. The first-order chi connectivity index (χ1) is 17.8. The van der Waals surface area contributed by atoms with Crippen LogP contribution in [0.3, 0.4) is 0 Å². The van der Waals surface area contributed by atoms with Crippen molar-refractivity contribution >= 4 is 23.0 Å². The van der Waals surface area contributed by atoms with Crippen molar-refractivity contribution in [1.29, 1.82) is 0 Å². The van der Waals surface area contributed by atoms with E-state index in [0.29, 0.717) is 30.2 Å². The van der Waals surface area contributed by atoms with Crippen LogP contribution in [0.15, 0.2) is 42.7 Å². The number of benzene rings is 1. The van der Waals surface area contributed by atoms with Crippen molar-refractivity contribution in [2.24, 2.45) is 5.92 Å². The van der Waals surface area contributed by atoms with Crippen LogP contribution in [0, 0.1) is 12.8 Å². The summed E-state index contributed by atoms with van der Waals surface area (Å²) in [6.45, 7) is 14.7. The maximum absolute atomic E-state index is 13.5. The molecule has 7 heteroatoms. The number of ether oxygens (including phenoxy) is 1. The number of nitrogens with zero attached hydrogens (tertiary/aromatic N) is 2. The normalized spacial score (nSPS) is 14.5. The summed E-state index contributed by atoms with van der Waals surface area (Å²) >= 11 is 6.14. The summed E-state index contributed by atoms with van der Waals surface area (Å²) in [5.74, 6) is 0.792. The highest BCUT2D eigenvalue weighted by atomic mass is 35.5. The van der Waals surface area contributed by atoms with E-state index in [9.17, 15) is 4.79 Å². The fourth-order valence-electron chi connectivity index (χ4n) is 4.08. The number of H-pyrrole nitrogens is 1. The molecule has 200 valence electrons. The number of aliphatic hydroxyl groups excluding tert-OH is 1. The summed E-state index contributed by atoms with van der Waals surface area (Å²) in [6.07, 6.45) is 6.98. The lowest BCUT2D eigenvalue weighted by Crippen LogP contribution is -2.29. The van der Waals surface area contributed by atoms with Gasteiger partial charge in [0.1, 0.15) is 5.75 Å². The summed E-state index contributed by atoms with van der Waals surface area (Å²) in [5.41, 5.74) is 6.38. The Labute approximate surface area is 226 Å². The molecule has 1 aliphatic rings. The number of nitrogens with one attached hydrogen (secondary N) is 1. The Morgan fingerprint density at radius 1 is 1.27 bits per heavy atom. The van der Waals surface area contributed by atoms with E-state index in [1.165, 1.54) is 0 Å². The van der Waals surface area contributed by atoms with Crippen molar-refractivity contribution in [2.45, 2.75) is 67.2 Å². The molecule has 1 unspecified atom stereocenters. The van der Waals surface area contributed by atoms with Crippen LogP contribution in [0.1, 0.15) is 76.4 Å². The van der Waals surface area contributed by atoms with Gasteiger partial charge in [-0.05, 0) is 68.0 Å². The lowest BCUT2D eigenvalue weighted by Gasteiger charge is -2.26. The number of carbonyl (C=O) groups excluding carboxylic acids is 1. The molecule has 1 aromatic carbocycles. The third-order valence-electron chi connectivity index (χ3n) is 6.01. The van der Waals surface area contributed by atoms with Gasteiger partial charge in [-0.3, -0.25) is 14.9 Å². The van der Waals surface area contributed by atoms with E-state index in [2.05, 4.69) is 30.1 Å². The average molecular weight is 526 g/mol. The van der Waals surface area contributed by atoms with Crippen molar-refractivity contribution in [2.75, 3.05) is 13.2 Å². The van der Waals surface area contributed by atoms with Crippen LogP contribution < -0.4 is 4.74 Å². The summed E-state index contributed by atoms with van der Waals surface area (Å²) in [4.78, 5) is 18.3. The average Bonchev–Trinajstić information content (AvgIpc) is 3.35. The van der Waals surface area contributed by atoms with E-state index in [4.69, 9.17) is 26.4 Å². The molecule has 0 amide bonds. The summed E-state index contributed by atoms with van der Waals surface area (Å²) in [7, 11) is 0. The molecule has 3 heterocycles. The highest BCUT2D eigenvalue weighted by Crippen LogP contribution is 2.35. The molecule has 0 bridgehead atoms. The molecule has 0 saturated carbocycles. The van der Waals surface area contributed by atoms with Gasteiger partial charge >= 0.3 is 0 Å². The topological polar surface area (TPSA) is 88.1 Å². The number of allylic oxidation sites excluding steroid dienone is 2. The number of halogens is 1. The fourth-order valence-corrected chi connectivity index (χ4v) is 4.28. The van der Waals surface area contributed by atoms with Crippen LogP contribution in [-0.2, 0) is 11.2 Å². The molecule has 0 aliphatic carbocycles. The van der Waals surface area contributed by atoms with Crippen molar-refractivity contribution < 1.29 is 14.6 Å². The fraction of sp³-hybridized carbons (Fsp3) is 0.433. The van der Waals surface area contributed by atoms with E-state index in [1.54, 1.807) is 6.20 Å². The van der Waals surface area contributed by atoms with Crippen molar-refractivity contribution in [3.8, 4) is 16.9 Å². The molecule has 1 aliphatic heterocycles. The molecular formula is C30H40ClN3O3. The zero-order valence-corrected chi connectivity index (χ0v) is 23.8. The number of aryl methyl sites for hydroxylation is 1. The Balaban J connectivity index is 0.000000733. The second-order valence-corrected chi connectivity index (χ2v) is 9.42. The molecule has 6 nitrogen and oxygen atoms in total. The molecule has 0 radical (unpaired) electrons. The van der Waals surface area contributed by atoms with Gasteiger partial charge in [0, 0.05) is 40.2 Å². The molecule has 4 rings (SSSR count). The second-order valence-electron chi connectivity index (χ2n) is 8.98. The monoisotopic (exact) mass is 525 g/mol. The molecular weight excluding hydrogens is 486 g/mol. The zero-order chi connectivity index (χ0) is 27.5. The number of aromatic amines is 1. The highest BCUT2D eigenvalue weighted by Gasteiger charge is 2.30. The number of fused-ring (bicyclic) bond motifs is 1. The van der Waals surface area contributed by atoms with Crippen molar-refractivity contribution in [3.05, 3.63) is 70.3 Å². The first-order valence-electron chi connectivity index (χ1n) is 13.0. The van der Waals surface area contributed by atoms with Crippen LogP contribution in [0.25, 0.3) is 16.7 Å². The summed E-state index contributed by atoms with van der Waals surface area (Å²) in [6, 6.07) is 7.67. The van der Waals surface area contributed by atoms with Crippen LogP contribution in [0.4, 0.5) is 0 Å². The predicted octanol–water partition coefficient (Wildman–Crippen LogP) is 7.20. The molecule has 2 aromatic heterocycles. The van der Waals surface area contributed by atoms with Gasteiger partial charge in [-0.25, -0.2) is 0 Å². The van der Waals surface area contributed by atoms with Crippen molar-refractivity contribution in [1.82, 2.24) is 15.2 Å². The maximum Gasteiger partial charge on any atom is 0.171 e.